The molecule has 4 aromatic rings. The lowest BCUT2D eigenvalue weighted by molar-refractivity contribution is -0.114. The van der Waals surface area contributed by atoms with Gasteiger partial charge in [0.05, 0.1) is 30.2 Å². The number of carbonyl (C=O) groups excluding carboxylic acids is 1. The molecule has 1 aromatic heterocycles. The van der Waals surface area contributed by atoms with Crippen LogP contribution in [0.1, 0.15) is 0 Å². The molecule has 170 valence electrons. The summed E-state index contributed by atoms with van der Waals surface area (Å²) < 4.78 is 17.3. The summed E-state index contributed by atoms with van der Waals surface area (Å²) in [6, 6.07) is 18.6. The third-order valence-corrected chi connectivity index (χ3v) is 5.44. The fourth-order valence-corrected chi connectivity index (χ4v) is 3.84. The van der Waals surface area contributed by atoms with Gasteiger partial charge in [-0.1, -0.05) is 18.7 Å². The molecule has 2 heterocycles. The normalized spacial score (nSPS) is 12.4. The highest BCUT2D eigenvalue weighted by molar-refractivity contribution is 6.07. The fourth-order valence-electron chi connectivity index (χ4n) is 3.84. The molecule has 0 spiro atoms. The van der Waals surface area contributed by atoms with E-state index in [9.17, 15) is 4.79 Å². The first-order valence-electron chi connectivity index (χ1n) is 10.7. The van der Waals surface area contributed by atoms with Gasteiger partial charge in [0.15, 0.2) is 17.2 Å². The molecule has 0 radical (unpaired) electrons. The minimum atomic E-state index is -0.180. The first-order chi connectivity index (χ1) is 16.7. The van der Waals surface area contributed by atoms with E-state index in [0.29, 0.717) is 58.6 Å². The van der Waals surface area contributed by atoms with Crippen molar-refractivity contribution in [1.29, 1.82) is 0 Å². The van der Waals surface area contributed by atoms with Crippen LogP contribution in [0.4, 0.5) is 17.2 Å². The topological polar surface area (TPSA) is 85.8 Å². The van der Waals surface area contributed by atoms with Crippen molar-refractivity contribution in [2.75, 3.05) is 30.5 Å². The van der Waals surface area contributed by atoms with Crippen LogP contribution in [0.5, 0.6) is 23.0 Å². The molecule has 0 atom stereocenters. The number of nitrogens with one attached hydrogen (secondary N) is 1. The maximum absolute atomic E-state index is 12.3. The van der Waals surface area contributed by atoms with Crippen molar-refractivity contribution < 1.29 is 19.0 Å². The summed E-state index contributed by atoms with van der Waals surface area (Å²) in [6.45, 7) is 4.42. The van der Waals surface area contributed by atoms with Crippen LogP contribution in [0.2, 0.25) is 0 Å². The molecule has 8 nitrogen and oxygen atoms in total. The van der Waals surface area contributed by atoms with E-state index in [0.717, 1.165) is 5.69 Å². The van der Waals surface area contributed by atoms with Gasteiger partial charge < -0.3 is 24.4 Å². The second-order valence-corrected chi connectivity index (χ2v) is 7.47. The van der Waals surface area contributed by atoms with Crippen LogP contribution < -0.4 is 24.4 Å². The number of nitrogens with zero attached hydrogens (tertiary/aromatic N) is 3. The van der Waals surface area contributed by atoms with E-state index in [2.05, 4.69) is 21.9 Å². The van der Waals surface area contributed by atoms with Gasteiger partial charge in [0.25, 0.3) is 5.91 Å². The summed E-state index contributed by atoms with van der Waals surface area (Å²) in [5.41, 5.74) is 2.18. The van der Waals surface area contributed by atoms with Gasteiger partial charge in [-0.05, 0) is 54.6 Å². The van der Waals surface area contributed by atoms with E-state index in [1.54, 1.807) is 12.0 Å². The number of carbonyl (C=O) groups is 1. The molecular weight excluding hydrogens is 432 g/mol. The maximum Gasteiger partial charge on any atom is 0.250 e. The standard InChI is InChI=1S/C26H22N4O4/c1-3-23(31)30-14-15-33-25-20(30)13-12-19-24(25)26(28-16-27-19)29-17-8-10-18(11-9-17)34-22-7-5-4-6-21(22)32-2/h3-13,16H,1,14-15H2,2H3,(H,27,28,29). The van der Waals surface area contributed by atoms with Gasteiger partial charge in [0.1, 0.15) is 24.5 Å². The Kier molecular flexibility index (Phi) is 5.70. The van der Waals surface area contributed by atoms with Gasteiger partial charge in [0, 0.05) is 5.69 Å². The number of hydrogen-bond donors (Lipinski definition) is 1. The minimum absolute atomic E-state index is 0.180. The molecule has 1 N–H and O–H groups in total. The number of aromatic nitrogens is 2. The Morgan fingerprint density at radius 2 is 1.88 bits per heavy atom. The Morgan fingerprint density at radius 1 is 1.09 bits per heavy atom. The molecule has 3 aromatic carbocycles. The molecule has 0 fully saturated rings. The summed E-state index contributed by atoms with van der Waals surface area (Å²) in [7, 11) is 1.61. The van der Waals surface area contributed by atoms with E-state index in [-0.39, 0.29) is 5.91 Å². The summed E-state index contributed by atoms with van der Waals surface area (Å²) in [5, 5.41) is 4.04. The summed E-state index contributed by atoms with van der Waals surface area (Å²) in [4.78, 5) is 22.8. The first-order valence-corrected chi connectivity index (χ1v) is 10.7. The third kappa shape index (κ3) is 3.97. The van der Waals surface area contributed by atoms with Gasteiger partial charge >= 0.3 is 0 Å². The van der Waals surface area contributed by atoms with Gasteiger partial charge in [0.2, 0.25) is 0 Å². The minimum Gasteiger partial charge on any atom is -0.493 e. The molecule has 1 aliphatic heterocycles. The molecular formula is C26H22N4O4. The average Bonchev–Trinajstić information content (AvgIpc) is 2.89. The van der Waals surface area contributed by atoms with Crippen molar-refractivity contribution in [3.05, 3.63) is 79.6 Å². The van der Waals surface area contributed by atoms with Gasteiger partial charge in [-0.3, -0.25) is 4.79 Å². The number of rotatable bonds is 6. The molecule has 5 rings (SSSR count). The second kappa shape index (κ2) is 9.11. The molecule has 0 aliphatic carbocycles. The summed E-state index contributed by atoms with van der Waals surface area (Å²) in [5.74, 6) is 2.93. The molecule has 8 heteroatoms. The highest BCUT2D eigenvalue weighted by atomic mass is 16.5. The van der Waals surface area contributed by atoms with E-state index < -0.39 is 0 Å². The number of amides is 1. The van der Waals surface area contributed by atoms with Crippen molar-refractivity contribution in [3.8, 4) is 23.0 Å². The average molecular weight is 454 g/mol. The van der Waals surface area contributed by atoms with Crippen molar-refractivity contribution in [2.24, 2.45) is 0 Å². The smallest absolute Gasteiger partial charge is 0.250 e. The Hall–Kier alpha value is -4.59. The Bertz CT molecular complexity index is 1370. The van der Waals surface area contributed by atoms with Crippen molar-refractivity contribution in [1.82, 2.24) is 9.97 Å². The zero-order chi connectivity index (χ0) is 23.5. The van der Waals surface area contributed by atoms with E-state index >= 15 is 0 Å². The van der Waals surface area contributed by atoms with Crippen LogP contribution in [-0.4, -0.2) is 36.1 Å². The highest BCUT2D eigenvalue weighted by Crippen LogP contribution is 2.41. The van der Waals surface area contributed by atoms with Crippen LogP contribution in [0.3, 0.4) is 0 Å². The number of fused-ring (bicyclic) bond motifs is 3. The lowest BCUT2D eigenvalue weighted by Crippen LogP contribution is -2.36. The van der Waals surface area contributed by atoms with Crippen molar-refractivity contribution in [3.63, 3.8) is 0 Å². The van der Waals surface area contributed by atoms with Crippen LogP contribution in [0.25, 0.3) is 10.9 Å². The molecule has 1 aliphatic rings. The lowest BCUT2D eigenvalue weighted by atomic mass is 10.1. The molecule has 0 saturated heterocycles. The van der Waals surface area contributed by atoms with Gasteiger partial charge in [-0.2, -0.15) is 0 Å². The molecule has 1 amide bonds. The van der Waals surface area contributed by atoms with E-state index in [1.165, 1.54) is 12.4 Å². The van der Waals surface area contributed by atoms with Crippen molar-refractivity contribution >= 4 is 34.0 Å². The Morgan fingerprint density at radius 3 is 2.65 bits per heavy atom. The second-order valence-electron chi connectivity index (χ2n) is 7.47. The monoisotopic (exact) mass is 454 g/mol. The SMILES string of the molecule is C=CC(=O)N1CCOc2c1ccc1ncnc(Nc3ccc(Oc4ccccc4OC)cc3)c21. The zero-order valence-corrected chi connectivity index (χ0v) is 18.5. The summed E-state index contributed by atoms with van der Waals surface area (Å²) >= 11 is 0. The molecule has 34 heavy (non-hydrogen) atoms. The predicted octanol–water partition coefficient (Wildman–Crippen LogP) is 5.09. The Balaban J connectivity index is 1.45. The van der Waals surface area contributed by atoms with Crippen LogP contribution in [0.15, 0.2) is 79.6 Å². The lowest BCUT2D eigenvalue weighted by Gasteiger charge is -2.29. The summed E-state index contributed by atoms with van der Waals surface area (Å²) in [6.07, 6.45) is 2.79. The van der Waals surface area contributed by atoms with Crippen LogP contribution in [0, 0.1) is 0 Å². The molecule has 0 bridgehead atoms. The van der Waals surface area contributed by atoms with E-state index in [1.807, 2.05) is 60.7 Å². The number of benzene rings is 3. The number of para-hydroxylation sites is 2. The number of anilines is 3. The van der Waals surface area contributed by atoms with Crippen LogP contribution in [-0.2, 0) is 4.79 Å². The highest BCUT2D eigenvalue weighted by Gasteiger charge is 2.25. The van der Waals surface area contributed by atoms with Crippen LogP contribution >= 0.6 is 0 Å². The number of hydrogen-bond acceptors (Lipinski definition) is 7. The maximum atomic E-state index is 12.3. The molecule has 0 saturated carbocycles. The quantitative estimate of drug-likeness (QED) is 0.406. The predicted molar refractivity (Wildman–Crippen MR) is 130 cm³/mol. The number of methoxy groups -OCH3 is 1. The number of ether oxygens (including phenoxy) is 3. The Labute approximate surface area is 196 Å². The fraction of sp³-hybridized carbons (Fsp3) is 0.115. The largest absolute Gasteiger partial charge is 0.493 e. The van der Waals surface area contributed by atoms with Crippen molar-refractivity contribution in [2.45, 2.75) is 0 Å². The van der Waals surface area contributed by atoms with E-state index in [4.69, 9.17) is 14.2 Å². The van der Waals surface area contributed by atoms with Gasteiger partial charge in [-0.15, -0.1) is 0 Å². The van der Waals surface area contributed by atoms with Gasteiger partial charge in [-0.25, -0.2) is 9.97 Å². The molecule has 0 unspecified atom stereocenters. The third-order valence-electron chi connectivity index (χ3n) is 5.44. The zero-order valence-electron chi connectivity index (χ0n) is 18.5. The first kappa shape index (κ1) is 21.3.